The lowest BCUT2D eigenvalue weighted by molar-refractivity contribution is -0.120. The molecule has 2 unspecified atom stereocenters. The molecule has 3 rings (SSSR count). The summed E-state index contributed by atoms with van der Waals surface area (Å²) in [6.07, 6.45) is 3.28. The van der Waals surface area contributed by atoms with E-state index in [0.29, 0.717) is 11.8 Å². The Kier molecular flexibility index (Phi) is 7.25. The second kappa shape index (κ2) is 9.43. The van der Waals surface area contributed by atoms with Crippen LogP contribution in [0.1, 0.15) is 44.0 Å². The number of amides is 1. The van der Waals surface area contributed by atoms with Crippen molar-refractivity contribution in [2.24, 2.45) is 11.7 Å². The van der Waals surface area contributed by atoms with Crippen LogP contribution < -0.4 is 11.1 Å². The average Bonchev–Trinajstić information content (AvgIpc) is 3.12. The lowest BCUT2D eigenvalue weighted by atomic mass is 9.95. The van der Waals surface area contributed by atoms with Gasteiger partial charge in [0.25, 0.3) is 5.95 Å². The molecule has 0 radical (unpaired) electrons. The van der Waals surface area contributed by atoms with Crippen LogP contribution in [0.2, 0.25) is 0 Å². The lowest BCUT2D eigenvalue weighted by Crippen LogP contribution is -2.31. The highest BCUT2D eigenvalue weighted by Crippen LogP contribution is 2.24. The van der Waals surface area contributed by atoms with Crippen LogP contribution in [0.4, 0.5) is 5.82 Å². The van der Waals surface area contributed by atoms with E-state index in [-0.39, 0.29) is 24.2 Å². The summed E-state index contributed by atoms with van der Waals surface area (Å²) in [5.41, 5.74) is 8.05. The SMILES string of the molecule is CC(C)c1cc(NC(=O)C(C)C(N)c2ccccc2)n(-c2ncccn2)n1.Cl. The van der Waals surface area contributed by atoms with Gasteiger partial charge in [-0.15, -0.1) is 12.4 Å². The van der Waals surface area contributed by atoms with Gasteiger partial charge in [-0.3, -0.25) is 4.79 Å². The van der Waals surface area contributed by atoms with Crippen molar-refractivity contribution in [1.82, 2.24) is 19.7 Å². The first-order chi connectivity index (χ1) is 13.0. The maximum atomic E-state index is 12.8. The van der Waals surface area contributed by atoms with Gasteiger partial charge in [0.2, 0.25) is 5.91 Å². The third-order valence-electron chi connectivity index (χ3n) is 4.45. The summed E-state index contributed by atoms with van der Waals surface area (Å²) in [4.78, 5) is 21.3. The Morgan fingerprint density at radius 3 is 2.32 bits per heavy atom. The molecular formula is C20H25ClN6O. The first-order valence-corrected chi connectivity index (χ1v) is 8.96. The molecule has 2 atom stereocenters. The molecule has 2 heterocycles. The highest BCUT2D eigenvalue weighted by Gasteiger charge is 2.24. The van der Waals surface area contributed by atoms with E-state index in [0.717, 1.165) is 11.3 Å². The summed E-state index contributed by atoms with van der Waals surface area (Å²) in [6.45, 7) is 5.90. The number of nitrogens with two attached hydrogens (primary N) is 1. The molecule has 0 saturated heterocycles. The number of rotatable bonds is 6. The van der Waals surface area contributed by atoms with Crippen LogP contribution in [-0.2, 0) is 4.79 Å². The summed E-state index contributed by atoms with van der Waals surface area (Å²) in [5.74, 6) is 0.532. The standard InChI is InChI=1S/C20H24N6O.ClH/c1-13(2)16-12-17(26(25-16)20-22-10-7-11-23-20)24-19(27)14(3)18(21)15-8-5-4-6-9-15;/h4-14,18H,21H2,1-3H3,(H,24,27);1H. The molecule has 8 heteroatoms. The van der Waals surface area contributed by atoms with Gasteiger partial charge in [0, 0.05) is 24.5 Å². The lowest BCUT2D eigenvalue weighted by Gasteiger charge is -2.19. The Morgan fingerprint density at radius 1 is 1.07 bits per heavy atom. The number of halogens is 1. The van der Waals surface area contributed by atoms with E-state index in [2.05, 4.69) is 20.4 Å². The maximum absolute atomic E-state index is 12.8. The quantitative estimate of drug-likeness (QED) is 0.659. The molecule has 0 aliphatic carbocycles. The number of hydrogen-bond acceptors (Lipinski definition) is 5. The molecular weight excluding hydrogens is 376 g/mol. The first kappa shape index (κ1) is 21.5. The van der Waals surface area contributed by atoms with Crippen molar-refractivity contribution in [2.45, 2.75) is 32.7 Å². The molecule has 28 heavy (non-hydrogen) atoms. The van der Waals surface area contributed by atoms with Gasteiger partial charge in [-0.2, -0.15) is 9.78 Å². The Morgan fingerprint density at radius 2 is 1.71 bits per heavy atom. The van der Waals surface area contributed by atoms with Crippen LogP contribution >= 0.6 is 12.4 Å². The van der Waals surface area contributed by atoms with Crippen molar-refractivity contribution in [3.8, 4) is 5.95 Å². The zero-order valence-electron chi connectivity index (χ0n) is 16.1. The molecule has 0 saturated carbocycles. The van der Waals surface area contributed by atoms with Crippen LogP contribution in [-0.4, -0.2) is 25.7 Å². The van der Waals surface area contributed by atoms with E-state index < -0.39 is 12.0 Å². The molecule has 1 amide bonds. The normalized spacial score (nSPS) is 12.9. The zero-order chi connectivity index (χ0) is 19.4. The number of hydrogen-bond donors (Lipinski definition) is 2. The van der Waals surface area contributed by atoms with Gasteiger partial charge in [0.15, 0.2) is 0 Å². The van der Waals surface area contributed by atoms with Crippen LogP contribution in [0.25, 0.3) is 5.95 Å². The number of nitrogens with one attached hydrogen (secondary N) is 1. The van der Waals surface area contributed by atoms with E-state index in [4.69, 9.17) is 5.73 Å². The van der Waals surface area contributed by atoms with Gasteiger partial charge in [-0.1, -0.05) is 51.1 Å². The number of carbonyl (C=O) groups excluding carboxylic acids is 1. The van der Waals surface area contributed by atoms with Gasteiger partial charge < -0.3 is 11.1 Å². The van der Waals surface area contributed by atoms with Crippen LogP contribution in [0.15, 0.2) is 54.9 Å². The van der Waals surface area contributed by atoms with Crippen LogP contribution in [0, 0.1) is 5.92 Å². The fourth-order valence-electron chi connectivity index (χ4n) is 2.69. The molecule has 0 spiro atoms. The Balaban J connectivity index is 0.00000280. The molecule has 1 aromatic carbocycles. The Hall–Kier alpha value is -2.77. The molecule has 148 valence electrons. The minimum absolute atomic E-state index is 0. The Labute approximate surface area is 170 Å². The zero-order valence-corrected chi connectivity index (χ0v) is 16.9. The third-order valence-corrected chi connectivity index (χ3v) is 4.45. The summed E-state index contributed by atoms with van der Waals surface area (Å²) in [5, 5.41) is 7.48. The minimum Gasteiger partial charge on any atom is -0.323 e. The van der Waals surface area contributed by atoms with E-state index in [1.807, 2.05) is 57.2 Å². The number of aromatic nitrogens is 4. The van der Waals surface area contributed by atoms with Crippen molar-refractivity contribution in [1.29, 1.82) is 0 Å². The van der Waals surface area contributed by atoms with Crippen molar-refractivity contribution < 1.29 is 4.79 Å². The molecule has 3 N–H and O–H groups in total. The number of carbonyl (C=O) groups is 1. The summed E-state index contributed by atoms with van der Waals surface area (Å²) >= 11 is 0. The molecule has 0 fully saturated rings. The van der Waals surface area contributed by atoms with Crippen LogP contribution in [0.3, 0.4) is 0 Å². The minimum atomic E-state index is -0.421. The highest BCUT2D eigenvalue weighted by molar-refractivity contribution is 5.92. The second-order valence-corrected chi connectivity index (χ2v) is 6.78. The van der Waals surface area contributed by atoms with Crippen molar-refractivity contribution in [3.63, 3.8) is 0 Å². The van der Waals surface area contributed by atoms with E-state index in [9.17, 15) is 4.79 Å². The monoisotopic (exact) mass is 400 g/mol. The topological polar surface area (TPSA) is 98.7 Å². The maximum Gasteiger partial charge on any atom is 0.252 e. The third kappa shape index (κ3) is 4.74. The molecule has 7 nitrogen and oxygen atoms in total. The number of nitrogens with zero attached hydrogens (tertiary/aromatic N) is 4. The van der Waals surface area contributed by atoms with Gasteiger partial charge in [-0.25, -0.2) is 9.97 Å². The van der Waals surface area contributed by atoms with Crippen molar-refractivity contribution in [3.05, 3.63) is 66.1 Å². The molecule has 2 aromatic heterocycles. The predicted molar refractivity (Wildman–Crippen MR) is 112 cm³/mol. The largest absolute Gasteiger partial charge is 0.323 e. The average molecular weight is 401 g/mol. The van der Waals surface area contributed by atoms with E-state index >= 15 is 0 Å². The molecule has 0 aliphatic heterocycles. The fourth-order valence-corrected chi connectivity index (χ4v) is 2.69. The van der Waals surface area contributed by atoms with Crippen molar-refractivity contribution in [2.75, 3.05) is 5.32 Å². The van der Waals surface area contributed by atoms with Gasteiger partial charge in [0.1, 0.15) is 5.82 Å². The summed E-state index contributed by atoms with van der Waals surface area (Å²) < 4.78 is 1.55. The van der Waals surface area contributed by atoms with E-state index in [1.165, 1.54) is 0 Å². The van der Waals surface area contributed by atoms with E-state index in [1.54, 1.807) is 23.1 Å². The second-order valence-electron chi connectivity index (χ2n) is 6.78. The molecule has 0 aliphatic rings. The molecule has 0 bridgehead atoms. The van der Waals surface area contributed by atoms with Crippen LogP contribution in [0.5, 0.6) is 0 Å². The number of anilines is 1. The number of benzene rings is 1. The highest BCUT2D eigenvalue weighted by atomic mass is 35.5. The predicted octanol–water partition coefficient (Wildman–Crippen LogP) is 3.48. The fraction of sp³-hybridized carbons (Fsp3) is 0.300. The smallest absolute Gasteiger partial charge is 0.252 e. The van der Waals surface area contributed by atoms with Crippen molar-refractivity contribution >= 4 is 24.1 Å². The van der Waals surface area contributed by atoms with Gasteiger partial charge >= 0.3 is 0 Å². The van der Waals surface area contributed by atoms with Gasteiger partial charge in [-0.05, 0) is 17.5 Å². The summed E-state index contributed by atoms with van der Waals surface area (Å²) in [7, 11) is 0. The first-order valence-electron chi connectivity index (χ1n) is 8.96. The summed E-state index contributed by atoms with van der Waals surface area (Å²) in [6, 6.07) is 12.8. The van der Waals surface area contributed by atoms with Gasteiger partial charge in [0.05, 0.1) is 11.6 Å². The molecule has 3 aromatic rings. The Bertz CT molecular complexity index is 898.